The van der Waals surface area contributed by atoms with Crippen LogP contribution in [-0.4, -0.2) is 26.5 Å². The summed E-state index contributed by atoms with van der Waals surface area (Å²) >= 11 is 0. The van der Waals surface area contributed by atoms with Crippen LogP contribution in [0.15, 0.2) is 88.4 Å². The Balaban J connectivity index is 1.70. The molecule has 6 heteroatoms. The fraction of sp³-hybridized carbons (Fsp3) is 0.154. The maximum Gasteiger partial charge on any atom is 0.205 e. The fourth-order valence-corrected chi connectivity index (χ4v) is 4.39. The first-order valence-electron chi connectivity index (χ1n) is 10.2. The van der Waals surface area contributed by atoms with E-state index in [0.29, 0.717) is 29.4 Å². The lowest BCUT2D eigenvalue weighted by atomic mass is 9.79. The van der Waals surface area contributed by atoms with Crippen molar-refractivity contribution >= 4 is 16.5 Å². The van der Waals surface area contributed by atoms with Crippen LogP contribution < -0.4 is 15.2 Å². The van der Waals surface area contributed by atoms with Crippen LogP contribution in [0.25, 0.3) is 10.8 Å². The third-order valence-corrected chi connectivity index (χ3v) is 5.90. The highest BCUT2D eigenvalue weighted by molar-refractivity contribution is 6.17. The van der Waals surface area contributed by atoms with E-state index in [1.54, 1.807) is 14.2 Å². The minimum atomic E-state index is -0.485. The molecule has 0 spiro atoms. The number of nitrogens with zero attached hydrogens (tertiary/aromatic N) is 2. The Labute approximate surface area is 185 Å². The summed E-state index contributed by atoms with van der Waals surface area (Å²) in [6.45, 7) is 0.361. The summed E-state index contributed by atoms with van der Waals surface area (Å²) in [6, 6.07) is 22.2. The van der Waals surface area contributed by atoms with E-state index in [1.165, 1.54) is 0 Å². The van der Waals surface area contributed by atoms with Gasteiger partial charge >= 0.3 is 0 Å². The van der Waals surface area contributed by atoms with Gasteiger partial charge < -0.3 is 19.9 Å². The van der Waals surface area contributed by atoms with Crippen molar-refractivity contribution in [3.05, 3.63) is 94.6 Å². The van der Waals surface area contributed by atoms with Gasteiger partial charge in [-0.25, -0.2) is 0 Å². The maximum atomic E-state index is 10.00. The predicted octanol–water partition coefficient (Wildman–Crippen LogP) is 4.42. The Morgan fingerprint density at radius 2 is 1.84 bits per heavy atom. The predicted molar refractivity (Wildman–Crippen MR) is 123 cm³/mol. The standard InChI is InChI=1S/C26H21N3O3/c1-30-18-9-10-21(31-2)19(12-18)23-20(13-27)26(28)32-22-14-29-25(24(22)23)17-8-7-15-5-3-4-6-16(15)11-17/h3-12,23H,14,28H2,1-2H3. The van der Waals surface area contributed by atoms with Gasteiger partial charge in [0, 0.05) is 16.7 Å². The number of nitrogens with two attached hydrogens (primary N) is 1. The molecule has 0 radical (unpaired) electrons. The van der Waals surface area contributed by atoms with Crippen LogP contribution in [0.3, 0.4) is 0 Å². The van der Waals surface area contributed by atoms with E-state index in [-0.39, 0.29) is 5.88 Å². The van der Waals surface area contributed by atoms with Crippen molar-refractivity contribution in [3.8, 4) is 17.6 Å². The Kier molecular flexibility index (Phi) is 4.79. The number of hydrogen-bond donors (Lipinski definition) is 1. The van der Waals surface area contributed by atoms with Crippen LogP contribution in [0.4, 0.5) is 0 Å². The van der Waals surface area contributed by atoms with Crippen LogP contribution in [-0.2, 0) is 4.74 Å². The normalized spacial score (nSPS) is 17.5. The van der Waals surface area contributed by atoms with E-state index in [9.17, 15) is 5.26 Å². The molecule has 5 rings (SSSR count). The van der Waals surface area contributed by atoms with Gasteiger partial charge in [-0.05, 0) is 35.0 Å². The number of rotatable bonds is 4. The first-order valence-corrected chi connectivity index (χ1v) is 10.2. The van der Waals surface area contributed by atoms with Crippen LogP contribution in [0.5, 0.6) is 11.5 Å². The molecule has 1 atom stereocenters. The third kappa shape index (κ3) is 3.07. The van der Waals surface area contributed by atoms with E-state index >= 15 is 0 Å². The van der Waals surface area contributed by atoms with Gasteiger partial charge in [0.25, 0.3) is 0 Å². The van der Waals surface area contributed by atoms with Gasteiger partial charge in [-0.3, -0.25) is 4.99 Å². The third-order valence-electron chi connectivity index (χ3n) is 5.90. The summed E-state index contributed by atoms with van der Waals surface area (Å²) in [5.74, 6) is 1.56. The molecule has 158 valence electrons. The van der Waals surface area contributed by atoms with Crippen molar-refractivity contribution in [2.75, 3.05) is 20.8 Å². The van der Waals surface area contributed by atoms with Gasteiger partial charge in [0.05, 0.1) is 32.4 Å². The Morgan fingerprint density at radius 3 is 2.59 bits per heavy atom. The Hall–Kier alpha value is -4.24. The van der Waals surface area contributed by atoms with Gasteiger partial charge in [0.2, 0.25) is 5.88 Å². The van der Waals surface area contributed by atoms with Crippen LogP contribution >= 0.6 is 0 Å². The highest BCUT2D eigenvalue weighted by atomic mass is 16.5. The topological polar surface area (TPSA) is 89.9 Å². The molecule has 32 heavy (non-hydrogen) atoms. The van der Waals surface area contributed by atoms with Gasteiger partial charge in [-0.1, -0.05) is 36.4 Å². The fourth-order valence-electron chi connectivity index (χ4n) is 4.39. The highest BCUT2D eigenvalue weighted by Gasteiger charge is 2.39. The number of methoxy groups -OCH3 is 2. The largest absolute Gasteiger partial charge is 0.497 e. The quantitative estimate of drug-likeness (QED) is 0.671. The molecule has 0 bridgehead atoms. The van der Waals surface area contributed by atoms with E-state index in [4.69, 9.17) is 24.9 Å². The SMILES string of the molecule is COc1ccc(OC)c(C2C(C#N)=C(N)OC3=C2C(c2ccc4ccccc4c2)=NC3)c1. The number of aliphatic imine (C=N–C) groups is 1. The molecule has 0 amide bonds. The number of nitriles is 1. The Morgan fingerprint density at radius 1 is 1.03 bits per heavy atom. The van der Waals surface area contributed by atoms with E-state index in [2.05, 4.69) is 30.3 Å². The van der Waals surface area contributed by atoms with Crippen LogP contribution in [0, 0.1) is 11.3 Å². The summed E-state index contributed by atoms with van der Waals surface area (Å²) in [6.07, 6.45) is 0. The maximum absolute atomic E-state index is 10.00. The first kappa shape index (κ1) is 19.7. The molecule has 2 aliphatic heterocycles. The molecule has 3 aromatic carbocycles. The summed E-state index contributed by atoms with van der Waals surface area (Å²) in [5.41, 5.74) is 9.86. The molecule has 0 saturated carbocycles. The molecule has 0 fully saturated rings. The van der Waals surface area contributed by atoms with Crippen molar-refractivity contribution in [2.45, 2.75) is 5.92 Å². The summed E-state index contributed by atoms with van der Waals surface area (Å²) < 4.78 is 17.0. The second-order valence-electron chi connectivity index (χ2n) is 7.60. The molecular weight excluding hydrogens is 402 g/mol. The number of benzene rings is 3. The summed E-state index contributed by atoms with van der Waals surface area (Å²) in [4.78, 5) is 4.79. The smallest absolute Gasteiger partial charge is 0.205 e. The number of hydrogen-bond acceptors (Lipinski definition) is 6. The zero-order valence-corrected chi connectivity index (χ0v) is 17.8. The van der Waals surface area contributed by atoms with Gasteiger partial charge in [-0.2, -0.15) is 5.26 Å². The Bertz CT molecular complexity index is 1380. The molecule has 2 aliphatic rings. The van der Waals surface area contributed by atoms with Crippen molar-refractivity contribution in [1.29, 1.82) is 5.26 Å². The molecule has 0 aliphatic carbocycles. The molecule has 0 aromatic heterocycles. The average Bonchev–Trinajstić information content (AvgIpc) is 3.25. The molecule has 3 aromatic rings. The van der Waals surface area contributed by atoms with Gasteiger partial charge in [0.15, 0.2) is 0 Å². The van der Waals surface area contributed by atoms with Crippen LogP contribution in [0.1, 0.15) is 17.0 Å². The molecule has 0 saturated heterocycles. The molecule has 1 unspecified atom stereocenters. The van der Waals surface area contributed by atoms with Crippen molar-refractivity contribution < 1.29 is 14.2 Å². The molecule has 6 nitrogen and oxygen atoms in total. The van der Waals surface area contributed by atoms with E-state index < -0.39 is 5.92 Å². The molecule has 2 heterocycles. The first-order chi connectivity index (χ1) is 15.6. The van der Waals surface area contributed by atoms with Gasteiger partial charge in [-0.15, -0.1) is 0 Å². The summed E-state index contributed by atoms with van der Waals surface area (Å²) in [5, 5.41) is 12.3. The summed E-state index contributed by atoms with van der Waals surface area (Å²) in [7, 11) is 3.21. The lowest BCUT2D eigenvalue weighted by molar-refractivity contribution is 0.280. The number of allylic oxidation sites excluding steroid dienone is 2. The van der Waals surface area contributed by atoms with Crippen molar-refractivity contribution in [3.63, 3.8) is 0 Å². The van der Waals surface area contributed by atoms with Crippen LogP contribution in [0.2, 0.25) is 0 Å². The number of ether oxygens (including phenoxy) is 3. The number of fused-ring (bicyclic) bond motifs is 1. The van der Waals surface area contributed by atoms with E-state index in [1.807, 2.05) is 36.4 Å². The van der Waals surface area contributed by atoms with Gasteiger partial charge in [0.1, 0.15) is 28.9 Å². The lowest BCUT2D eigenvalue weighted by Crippen LogP contribution is -2.23. The second kappa shape index (κ2) is 7.78. The minimum Gasteiger partial charge on any atom is -0.497 e. The zero-order chi connectivity index (χ0) is 22.2. The minimum absolute atomic E-state index is 0.0936. The van der Waals surface area contributed by atoms with Crippen molar-refractivity contribution in [1.82, 2.24) is 0 Å². The van der Waals surface area contributed by atoms with Crippen molar-refractivity contribution in [2.24, 2.45) is 10.7 Å². The zero-order valence-electron chi connectivity index (χ0n) is 17.8. The molecule has 2 N–H and O–H groups in total. The average molecular weight is 423 g/mol. The molecular formula is C26H21N3O3. The second-order valence-corrected chi connectivity index (χ2v) is 7.60. The monoisotopic (exact) mass is 423 g/mol. The highest BCUT2D eigenvalue weighted by Crippen LogP contribution is 2.46. The van der Waals surface area contributed by atoms with E-state index in [0.717, 1.165) is 33.2 Å². The lowest BCUT2D eigenvalue weighted by Gasteiger charge is -2.28.